The van der Waals surface area contributed by atoms with Gasteiger partial charge in [-0.25, -0.2) is 0 Å². The number of carbonyl (C=O) groups is 1. The Bertz CT molecular complexity index is 562. The second kappa shape index (κ2) is 4.83. The number of rotatable bonds is 4. The highest BCUT2D eigenvalue weighted by Gasteiger charge is 2.07. The molecule has 0 radical (unpaired) electrons. The van der Waals surface area contributed by atoms with Crippen molar-refractivity contribution in [1.82, 2.24) is 4.57 Å². The highest BCUT2D eigenvalue weighted by molar-refractivity contribution is 9.10. The minimum absolute atomic E-state index is 0.484. The molecular formula is C13H14BrNO. The molecule has 1 aromatic carbocycles. The van der Waals surface area contributed by atoms with Crippen molar-refractivity contribution in [3.05, 3.63) is 34.4 Å². The van der Waals surface area contributed by atoms with Gasteiger partial charge in [0, 0.05) is 33.7 Å². The minimum atomic E-state index is -0.622. The second-order valence-corrected chi connectivity index (χ2v) is 4.77. The monoisotopic (exact) mass is 280 g/mol. The highest BCUT2D eigenvalue weighted by atomic mass is 79.9. The summed E-state index contributed by atoms with van der Waals surface area (Å²) in [5.74, 6) is 0. The Balaban J connectivity index is 2.58. The molecule has 3 heteroatoms. The lowest BCUT2D eigenvalue weighted by molar-refractivity contribution is 0.112. The number of aromatic nitrogens is 1. The van der Waals surface area contributed by atoms with Crippen molar-refractivity contribution >= 4 is 33.1 Å². The zero-order valence-corrected chi connectivity index (χ0v) is 10.8. The number of hydrogen-bond acceptors (Lipinski definition) is 1. The number of aldehydes is 1. The summed E-state index contributed by atoms with van der Waals surface area (Å²) in [5.41, 5.74) is 1.51. The summed E-state index contributed by atoms with van der Waals surface area (Å²) >= 11 is 3.40. The Hall–Kier alpha value is -1.09. The zero-order valence-electron chi connectivity index (χ0n) is 10.2. The quantitative estimate of drug-likeness (QED) is 0.776. The molecule has 84 valence electrons. The van der Waals surface area contributed by atoms with E-state index in [9.17, 15) is 4.79 Å². The molecule has 0 atom stereocenters. The molecule has 0 saturated heterocycles. The average Bonchev–Trinajstić information content (AvgIpc) is 2.64. The molecule has 2 rings (SSSR count). The molecule has 0 aliphatic carbocycles. The van der Waals surface area contributed by atoms with E-state index in [0.717, 1.165) is 34.8 Å². The molecule has 1 aromatic heterocycles. The number of aryl methyl sites for hydroxylation is 1. The summed E-state index contributed by atoms with van der Waals surface area (Å²) < 4.78 is 10.3. The number of unbranched alkanes of at least 4 members (excludes halogenated alkanes) is 1. The molecule has 2 nitrogen and oxygen atoms in total. The van der Waals surface area contributed by atoms with E-state index in [2.05, 4.69) is 27.4 Å². The van der Waals surface area contributed by atoms with Crippen molar-refractivity contribution in [3.63, 3.8) is 0 Å². The Labute approximate surface area is 105 Å². The van der Waals surface area contributed by atoms with Gasteiger partial charge in [-0.3, -0.25) is 4.79 Å². The van der Waals surface area contributed by atoms with E-state index in [0.29, 0.717) is 5.56 Å². The maximum Gasteiger partial charge on any atom is 0.152 e. The predicted octanol–water partition coefficient (Wildman–Crippen LogP) is 4.02. The first kappa shape index (κ1) is 10.1. The molecule has 0 bridgehead atoms. The van der Waals surface area contributed by atoms with Crippen LogP contribution in [0.3, 0.4) is 0 Å². The first-order valence-electron chi connectivity index (χ1n) is 5.92. The van der Waals surface area contributed by atoms with Gasteiger partial charge in [-0.1, -0.05) is 29.3 Å². The van der Waals surface area contributed by atoms with Gasteiger partial charge < -0.3 is 4.57 Å². The minimum Gasteiger partial charge on any atom is -0.347 e. The Morgan fingerprint density at radius 1 is 1.56 bits per heavy atom. The summed E-state index contributed by atoms with van der Waals surface area (Å²) in [6, 6.07) is 5.85. The fraction of sp³-hybridized carbons (Fsp3) is 0.308. The lowest BCUT2D eigenvalue weighted by atomic mass is 10.2. The first-order chi connectivity index (χ1) is 8.13. The van der Waals surface area contributed by atoms with Crippen LogP contribution >= 0.6 is 15.9 Å². The first-order valence-corrected chi connectivity index (χ1v) is 6.22. The van der Waals surface area contributed by atoms with Crippen molar-refractivity contribution in [2.24, 2.45) is 0 Å². The van der Waals surface area contributed by atoms with Gasteiger partial charge in [0.15, 0.2) is 6.26 Å². The van der Waals surface area contributed by atoms with Gasteiger partial charge in [0.1, 0.15) is 1.37 Å². The van der Waals surface area contributed by atoms with Gasteiger partial charge in [-0.2, -0.15) is 0 Å². The van der Waals surface area contributed by atoms with Crippen LogP contribution < -0.4 is 0 Å². The summed E-state index contributed by atoms with van der Waals surface area (Å²) in [4.78, 5) is 11.3. The molecule has 0 amide bonds. The molecule has 0 N–H and O–H groups in total. The molecule has 16 heavy (non-hydrogen) atoms. The van der Waals surface area contributed by atoms with Gasteiger partial charge >= 0.3 is 0 Å². The smallest absolute Gasteiger partial charge is 0.152 e. The van der Waals surface area contributed by atoms with Crippen LogP contribution in [0.4, 0.5) is 0 Å². The van der Waals surface area contributed by atoms with Crippen LogP contribution in [0.2, 0.25) is 0 Å². The average molecular weight is 281 g/mol. The normalized spacial score (nSPS) is 11.8. The lowest BCUT2D eigenvalue weighted by Crippen LogP contribution is -1.94. The van der Waals surface area contributed by atoms with E-state index in [-0.39, 0.29) is 0 Å². The fourth-order valence-electron chi connectivity index (χ4n) is 1.86. The molecular weight excluding hydrogens is 266 g/mol. The van der Waals surface area contributed by atoms with E-state index < -0.39 is 6.26 Å². The second-order valence-electron chi connectivity index (χ2n) is 3.85. The van der Waals surface area contributed by atoms with Crippen molar-refractivity contribution < 1.29 is 6.17 Å². The predicted molar refractivity (Wildman–Crippen MR) is 69.9 cm³/mol. The molecule has 0 aliphatic heterocycles. The molecule has 0 unspecified atom stereocenters. The molecule has 0 fully saturated rings. The fourth-order valence-corrected chi connectivity index (χ4v) is 2.23. The third kappa shape index (κ3) is 2.05. The van der Waals surface area contributed by atoms with Gasteiger partial charge in [0.05, 0.1) is 0 Å². The van der Waals surface area contributed by atoms with Crippen molar-refractivity contribution in [1.29, 1.82) is 0 Å². The molecule has 0 spiro atoms. The zero-order chi connectivity index (χ0) is 12.4. The topological polar surface area (TPSA) is 22.0 Å². The van der Waals surface area contributed by atoms with Crippen molar-refractivity contribution in [2.75, 3.05) is 0 Å². The van der Waals surface area contributed by atoms with Crippen LogP contribution in [0.15, 0.2) is 28.9 Å². The summed E-state index contributed by atoms with van der Waals surface area (Å²) in [6.45, 7) is 3.03. The van der Waals surface area contributed by atoms with Crippen molar-refractivity contribution in [3.8, 4) is 0 Å². The summed E-state index contributed by atoms with van der Waals surface area (Å²) in [6.07, 6.45) is 3.36. The third-order valence-electron chi connectivity index (χ3n) is 2.71. The van der Waals surface area contributed by atoms with Crippen LogP contribution in [0.5, 0.6) is 0 Å². The van der Waals surface area contributed by atoms with Gasteiger partial charge in [-0.05, 0) is 24.6 Å². The number of carbonyl (C=O) groups excluding carboxylic acids is 1. The van der Waals surface area contributed by atoms with E-state index in [4.69, 9.17) is 1.37 Å². The standard InChI is InChI=1S/C13H14BrNO/c1-2-3-6-15-8-10(9-16)12-7-11(14)4-5-13(12)15/h4-5,7-9H,2-3,6H2,1H3/i9D. The van der Waals surface area contributed by atoms with E-state index in [1.807, 2.05) is 18.2 Å². The van der Waals surface area contributed by atoms with Crippen LogP contribution in [0, 0.1) is 0 Å². The number of fused-ring (bicyclic) bond motifs is 1. The maximum atomic E-state index is 11.3. The summed E-state index contributed by atoms with van der Waals surface area (Å²) in [7, 11) is 0. The largest absolute Gasteiger partial charge is 0.347 e. The third-order valence-corrected chi connectivity index (χ3v) is 3.20. The lowest BCUT2D eigenvalue weighted by Gasteiger charge is -2.03. The van der Waals surface area contributed by atoms with Crippen molar-refractivity contribution in [2.45, 2.75) is 26.3 Å². The molecule has 2 aromatic rings. The Morgan fingerprint density at radius 3 is 3.06 bits per heavy atom. The molecule has 0 saturated carbocycles. The van der Waals surface area contributed by atoms with Gasteiger partial charge in [-0.15, -0.1) is 0 Å². The van der Waals surface area contributed by atoms with Gasteiger partial charge in [0.25, 0.3) is 0 Å². The van der Waals surface area contributed by atoms with Gasteiger partial charge in [0.2, 0.25) is 0 Å². The Morgan fingerprint density at radius 2 is 2.38 bits per heavy atom. The number of benzene rings is 1. The van der Waals surface area contributed by atoms with Crippen LogP contribution in [-0.2, 0) is 6.54 Å². The van der Waals surface area contributed by atoms with Crippen LogP contribution in [-0.4, -0.2) is 10.8 Å². The summed E-state index contributed by atoms with van der Waals surface area (Å²) in [5, 5.41) is 0.857. The molecule has 0 aliphatic rings. The van der Waals surface area contributed by atoms with E-state index in [1.54, 1.807) is 6.20 Å². The maximum absolute atomic E-state index is 11.3. The number of hydrogen-bond donors (Lipinski definition) is 0. The van der Waals surface area contributed by atoms with Crippen LogP contribution in [0.1, 0.15) is 31.5 Å². The number of halogens is 1. The van der Waals surface area contributed by atoms with E-state index in [1.165, 1.54) is 0 Å². The Kier molecular flexibility index (Phi) is 3.05. The number of nitrogens with zero attached hydrogens (tertiary/aromatic N) is 1. The van der Waals surface area contributed by atoms with Crippen LogP contribution in [0.25, 0.3) is 10.9 Å². The highest BCUT2D eigenvalue weighted by Crippen LogP contribution is 2.24. The van der Waals surface area contributed by atoms with E-state index >= 15 is 0 Å². The SMILES string of the molecule is [2H]C(=O)c1cn(CCCC)c2ccc(Br)cc12. The molecule has 1 heterocycles.